The van der Waals surface area contributed by atoms with Gasteiger partial charge in [-0.2, -0.15) is 0 Å². The van der Waals surface area contributed by atoms with Crippen molar-refractivity contribution >= 4 is 11.6 Å². The number of rotatable bonds is 11. The maximum Gasteiger partial charge on any atom is 0.168 e. The predicted molar refractivity (Wildman–Crippen MR) is 192 cm³/mol. The van der Waals surface area contributed by atoms with Gasteiger partial charge in [0.15, 0.2) is 11.6 Å². The summed E-state index contributed by atoms with van der Waals surface area (Å²) >= 11 is 0. The second kappa shape index (κ2) is 13.8. The summed E-state index contributed by atoms with van der Waals surface area (Å²) in [5, 5.41) is 22.7. The van der Waals surface area contributed by atoms with Crippen LogP contribution >= 0.6 is 0 Å². The van der Waals surface area contributed by atoms with Gasteiger partial charge in [-0.3, -0.25) is 15.4 Å². The van der Waals surface area contributed by atoms with E-state index in [1.54, 1.807) is 0 Å². The summed E-state index contributed by atoms with van der Waals surface area (Å²) in [6.45, 7) is 30.3. The van der Waals surface area contributed by atoms with Gasteiger partial charge in [0.25, 0.3) is 0 Å². The monoisotopic (exact) mass is 636 g/mol. The van der Waals surface area contributed by atoms with E-state index >= 15 is 0 Å². The minimum absolute atomic E-state index is 0.246. The van der Waals surface area contributed by atoms with Crippen molar-refractivity contribution in [2.24, 2.45) is 5.84 Å². The SMILES string of the molecule is CCCCCC(NN)(C(=O)C(C)c1cc(C(C)(C)C)c(O)c(C(C)(C)C)c1)C(=O)C(C)c1cc(C(C)(C)C)c(O)c(C(C)(C)C)c1. The average Bonchev–Trinajstić information content (AvgIpc) is 2.91. The van der Waals surface area contributed by atoms with Crippen LogP contribution in [-0.2, 0) is 31.2 Å². The molecule has 6 heteroatoms. The summed E-state index contributed by atoms with van der Waals surface area (Å²) in [4.78, 5) is 29.6. The van der Waals surface area contributed by atoms with Crippen molar-refractivity contribution in [2.45, 2.75) is 169 Å². The lowest BCUT2D eigenvalue weighted by molar-refractivity contribution is -0.138. The van der Waals surface area contributed by atoms with Crippen molar-refractivity contribution in [2.75, 3.05) is 0 Å². The molecule has 0 fully saturated rings. The largest absolute Gasteiger partial charge is 0.507 e. The van der Waals surface area contributed by atoms with Gasteiger partial charge < -0.3 is 10.2 Å². The second-order valence-electron chi connectivity index (χ2n) is 17.6. The van der Waals surface area contributed by atoms with Gasteiger partial charge in [0.1, 0.15) is 17.0 Å². The molecule has 2 unspecified atom stereocenters. The molecule has 0 heterocycles. The number of nitrogens with two attached hydrogens (primary N) is 1. The Hall–Kier alpha value is -2.70. The molecule has 258 valence electrons. The van der Waals surface area contributed by atoms with Crippen LogP contribution < -0.4 is 11.3 Å². The van der Waals surface area contributed by atoms with E-state index in [1.807, 2.05) is 121 Å². The lowest BCUT2D eigenvalue weighted by atomic mass is 9.70. The van der Waals surface area contributed by atoms with Crippen LogP contribution in [0.15, 0.2) is 24.3 Å². The number of Topliss-reactive ketones (excluding diaryl/α,β-unsaturated/α-hetero) is 2. The molecule has 0 bridgehead atoms. The number of nitrogens with one attached hydrogen (secondary N) is 1. The summed E-state index contributed by atoms with van der Waals surface area (Å²) in [5.41, 5.74) is 4.24. The van der Waals surface area contributed by atoms with Gasteiger partial charge in [-0.15, -0.1) is 0 Å². The lowest BCUT2D eigenvalue weighted by Gasteiger charge is -2.36. The molecule has 0 aliphatic heterocycles. The molecule has 6 nitrogen and oxygen atoms in total. The van der Waals surface area contributed by atoms with Crippen molar-refractivity contribution in [3.63, 3.8) is 0 Å². The molecule has 2 rings (SSSR count). The molecule has 2 aromatic rings. The van der Waals surface area contributed by atoms with E-state index in [-0.39, 0.29) is 51.1 Å². The van der Waals surface area contributed by atoms with Gasteiger partial charge >= 0.3 is 0 Å². The Labute approximate surface area is 279 Å². The number of hydrazine groups is 1. The number of benzene rings is 2. The molecule has 0 saturated carbocycles. The summed E-state index contributed by atoms with van der Waals surface area (Å²) < 4.78 is 0. The molecule has 2 aromatic carbocycles. The Morgan fingerprint density at radius 1 is 0.630 bits per heavy atom. The van der Waals surface area contributed by atoms with E-state index in [1.165, 1.54) is 0 Å². The van der Waals surface area contributed by atoms with Gasteiger partial charge in [0, 0.05) is 11.8 Å². The number of unbranched alkanes of at least 4 members (excludes halogenated alkanes) is 2. The van der Waals surface area contributed by atoms with Crippen LogP contribution in [0.3, 0.4) is 0 Å². The van der Waals surface area contributed by atoms with Crippen LogP contribution in [0.1, 0.15) is 175 Å². The first kappa shape index (κ1) is 39.5. The van der Waals surface area contributed by atoms with Crippen LogP contribution in [0.25, 0.3) is 0 Å². The highest BCUT2D eigenvalue weighted by Crippen LogP contribution is 2.44. The quantitative estimate of drug-likeness (QED) is 0.0847. The number of ketones is 2. The fourth-order valence-corrected chi connectivity index (χ4v) is 6.36. The van der Waals surface area contributed by atoms with Crippen molar-refractivity contribution in [1.29, 1.82) is 0 Å². The predicted octanol–water partition coefficient (Wildman–Crippen LogP) is 9.12. The third-order valence-electron chi connectivity index (χ3n) is 9.53. The number of carbonyl (C=O) groups is 2. The van der Waals surface area contributed by atoms with Gasteiger partial charge in [-0.25, -0.2) is 5.43 Å². The van der Waals surface area contributed by atoms with E-state index in [2.05, 4.69) is 12.3 Å². The molecule has 0 amide bonds. The molecule has 0 aliphatic rings. The molecule has 0 aliphatic carbocycles. The molecular weight excluding hydrogens is 572 g/mol. The minimum atomic E-state index is -1.63. The Morgan fingerprint density at radius 2 is 0.913 bits per heavy atom. The van der Waals surface area contributed by atoms with E-state index in [0.29, 0.717) is 6.42 Å². The van der Waals surface area contributed by atoms with Crippen molar-refractivity contribution in [3.05, 3.63) is 57.6 Å². The molecule has 46 heavy (non-hydrogen) atoms. The Kier molecular flexibility index (Phi) is 11.8. The number of carbonyl (C=O) groups excluding carboxylic acids is 2. The van der Waals surface area contributed by atoms with Crippen LogP contribution in [0.5, 0.6) is 11.5 Å². The first-order valence-electron chi connectivity index (χ1n) is 17.1. The molecular formula is C40H64N2O4. The van der Waals surface area contributed by atoms with Gasteiger partial charge in [0.05, 0.1) is 0 Å². The van der Waals surface area contributed by atoms with Crippen LogP contribution in [0.2, 0.25) is 0 Å². The smallest absolute Gasteiger partial charge is 0.168 e. The van der Waals surface area contributed by atoms with Crippen molar-refractivity contribution in [1.82, 2.24) is 5.43 Å². The van der Waals surface area contributed by atoms with Crippen molar-refractivity contribution < 1.29 is 19.8 Å². The Morgan fingerprint density at radius 3 is 1.13 bits per heavy atom. The first-order chi connectivity index (χ1) is 20.8. The number of phenolic OH excluding ortho intramolecular Hbond substituents is 2. The van der Waals surface area contributed by atoms with E-state index in [9.17, 15) is 19.8 Å². The van der Waals surface area contributed by atoms with Gasteiger partial charge in [-0.05, 0) is 61.5 Å². The average molecular weight is 637 g/mol. The van der Waals surface area contributed by atoms with E-state index in [0.717, 1.165) is 46.2 Å². The topological polar surface area (TPSA) is 113 Å². The molecule has 0 spiro atoms. The minimum Gasteiger partial charge on any atom is -0.507 e. The van der Waals surface area contributed by atoms with E-state index < -0.39 is 17.4 Å². The third-order valence-corrected chi connectivity index (χ3v) is 9.53. The second-order valence-corrected chi connectivity index (χ2v) is 17.6. The molecule has 0 saturated heterocycles. The maximum absolute atomic E-state index is 14.8. The molecule has 0 radical (unpaired) electrons. The first-order valence-corrected chi connectivity index (χ1v) is 17.1. The highest BCUT2D eigenvalue weighted by Gasteiger charge is 2.48. The maximum atomic E-state index is 14.8. The number of hydrogen-bond donors (Lipinski definition) is 4. The third kappa shape index (κ3) is 8.23. The Balaban J connectivity index is 2.82. The lowest BCUT2D eigenvalue weighted by Crippen LogP contribution is -2.63. The zero-order valence-corrected chi connectivity index (χ0v) is 31.6. The van der Waals surface area contributed by atoms with Crippen LogP contribution in [-0.4, -0.2) is 27.3 Å². The van der Waals surface area contributed by atoms with Crippen molar-refractivity contribution in [3.8, 4) is 11.5 Å². The standard InChI is InChI=1S/C40H64N2O4/c1-16-17-18-19-40(42-41,34(45)24(2)26-20-28(36(4,5)6)32(43)29(21-26)37(7,8)9)35(46)25(3)27-22-30(38(10,11)12)33(44)31(23-27)39(13,14)15/h20-25,42-44H,16-19,41H2,1-15H3. The summed E-state index contributed by atoms with van der Waals surface area (Å²) in [7, 11) is 0. The highest BCUT2D eigenvalue weighted by molar-refractivity contribution is 6.15. The molecule has 5 N–H and O–H groups in total. The van der Waals surface area contributed by atoms with Gasteiger partial charge in [0.2, 0.25) is 0 Å². The molecule has 2 atom stereocenters. The zero-order valence-electron chi connectivity index (χ0n) is 31.6. The molecule has 0 aromatic heterocycles. The summed E-state index contributed by atoms with van der Waals surface area (Å²) in [5.74, 6) is 4.88. The number of aromatic hydroxyl groups is 2. The summed E-state index contributed by atoms with van der Waals surface area (Å²) in [6, 6.07) is 7.66. The fraction of sp³-hybridized carbons (Fsp3) is 0.650. The number of phenols is 2. The van der Waals surface area contributed by atoms with Gasteiger partial charge in [-0.1, -0.05) is 147 Å². The fourth-order valence-electron chi connectivity index (χ4n) is 6.36. The number of hydrogen-bond acceptors (Lipinski definition) is 6. The summed E-state index contributed by atoms with van der Waals surface area (Å²) in [6.07, 6.45) is 2.72. The highest BCUT2D eigenvalue weighted by atomic mass is 16.3. The zero-order chi connectivity index (χ0) is 35.8. The normalized spacial score (nSPS) is 15.7. The van der Waals surface area contributed by atoms with Crippen LogP contribution in [0.4, 0.5) is 0 Å². The Bertz CT molecular complexity index is 1240. The van der Waals surface area contributed by atoms with Crippen LogP contribution in [0, 0.1) is 0 Å². The van der Waals surface area contributed by atoms with E-state index in [4.69, 9.17) is 5.84 Å².